The minimum atomic E-state index is -0.495. The van der Waals surface area contributed by atoms with Gasteiger partial charge in [-0.1, -0.05) is 335 Å². The highest BCUT2D eigenvalue weighted by Gasteiger charge is 2.56. The smallest absolute Gasteiger partial charge is 0.160 e. The molecule has 0 radical (unpaired) electrons. The van der Waals surface area contributed by atoms with Gasteiger partial charge in [-0.25, -0.2) is 19.9 Å². The van der Waals surface area contributed by atoms with Crippen molar-refractivity contribution in [3.05, 3.63) is 528 Å². The first-order valence-corrected chi connectivity index (χ1v) is 48.3. The highest BCUT2D eigenvalue weighted by Crippen LogP contribution is 2.68. The molecule has 9 heteroatoms. The summed E-state index contributed by atoms with van der Waals surface area (Å²) >= 11 is 0. The SMILES string of the molecule is CCc1nc2ccccc2n1-c1ccc2oc3cc4c(cc3c2c1)-c1ccccc1C41c2ccccc2-c2ccccc21.c1ccc(-c2cc(-c3ccc4oc5cc6c(cc5c4c3)-c3ccccc3C63c4ccccc4-c4ccccc43)nc(-c3ccccc3)n2)cc1.c1ccc(-n2c(-c3ccc4c(c3)C3(c5ccccc5-4)c4ccccc4-c4cc5c(cc43)oc3ccccc35)nc3ccccc32)cc1. The molecule has 0 aliphatic heterocycles. The average molecular weight is 1790 g/mol. The summed E-state index contributed by atoms with van der Waals surface area (Å²) in [7, 11) is 0. The van der Waals surface area contributed by atoms with E-state index >= 15 is 0 Å². The van der Waals surface area contributed by atoms with E-state index in [4.69, 9.17) is 33.2 Å². The van der Waals surface area contributed by atoms with Gasteiger partial charge in [-0.2, -0.15) is 0 Å². The lowest BCUT2D eigenvalue weighted by atomic mass is 9.70. The van der Waals surface area contributed by atoms with Crippen LogP contribution in [0, 0.1) is 0 Å². The first-order valence-electron chi connectivity index (χ1n) is 48.3. The van der Waals surface area contributed by atoms with Gasteiger partial charge in [0.1, 0.15) is 45.1 Å². The van der Waals surface area contributed by atoms with E-state index < -0.39 is 10.8 Å². The Morgan fingerprint density at radius 1 is 0.207 bits per heavy atom. The van der Waals surface area contributed by atoms with Crippen LogP contribution in [0.15, 0.2) is 468 Å². The molecule has 32 rings (SSSR count). The van der Waals surface area contributed by atoms with Crippen molar-refractivity contribution >= 4 is 87.9 Å². The Hall–Kier alpha value is -18.2. The van der Waals surface area contributed by atoms with Crippen molar-refractivity contribution in [2.75, 3.05) is 0 Å². The summed E-state index contributed by atoms with van der Waals surface area (Å²) in [6.07, 6.45) is 0.855. The summed E-state index contributed by atoms with van der Waals surface area (Å²) in [6.45, 7) is 2.17. The van der Waals surface area contributed by atoms with Crippen LogP contribution in [-0.4, -0.2) is 29.1 Å². The monoisotopic (exact) mass is 1780 g/mol. The number of nitrogens with zero attached hydrogens (tertiary/aromatic N) is 6. The third-order valence-corrected chi connectivity index (χ3v) is 30.9. The molecule has 20 aromatic carbocycles. The van der Waals surface area contributed by atoms with Crippen molar-refractivity contribution < 1.29 is 13.3 Å². The van der Waals surface area contributed by atoms with E-state index in [-0.39, 0.29) is 5.41 Å². The number of furan rings is 3. The third-order valence-electron chi connectivity index (χ3n) is 30.9. The lowest BCUT2D eigenvalue weighted by molar-refractivity contribution is 0.666. The standard InChI is InChI=1S/C47H28N2O.C44H26N2O.C40H26N2O/c1-3-13-29(14-4-1)42-28-43(49-46(48-42)30-15-5-2-6-16-30)31-23-24-44-36(25-31)37-26-35-34-19-9-12-22-40(34)47(41(35)27-45(37)50-44)38-20-10-7-17-32(38)33-18-8-11-21-39(33)47;1-2-12-28(13-3-1)46-40-20-10-9-19-39(40)45-43(46)27-22-23-31-29-14-4-7-17-35(29)44(37(31)24-27)36-18-8-5-15-30(36)33-25-34-32-16-6-11-21-41(32)47-42(34)26-38(33)44;1-2-39-41-35-17-9-10-18-36(35)42(39)24-19-20-37-29(21-24)30-22-28-27-13-5-8-16-33(27)40(34(28)23-38(30)43-37)31-14-6-3-11-25(31)26-12-4-7-15-32(26)40/h1-28H;1-26H;3-23H,2H2,1H3. The predicted octanol–water partition coefficient (Wildman–Crippen LogP) is 32.5. The van der Waals surface area contributed by atoms with Gasteiger partial charge in [0.2, 0.25) is 0 Å². The fourth-order valence-electron chi connectivity index (χ4n) is 25.2. The maximum atomic E-state index is 6.70. The number of aromatic nitrogens is 6. The molecule has 9 nitrogen and oxygen atoms in total. The normalized spacial score (nSPS) is 14.3. The van der Waals surface area contributed by atoms with Crippen LogP contribution in [0.4, 0.5) is 0 Å². The number of fused-ring (bicyclic) bond motifs is 41. The minimum absolute atomic E-state index is 0.372. The summed E-state index contributed by atoms with van der Waals surface area (Å²) in [5, 5.41) is 6.76. The van der Waals surface area contributed by atoms with Crippen LogP contribution in [0.1, 0.15) is 79.5 Å². The van der Waals surface area contributed by atoms with Gasteiger partial charge in [0.05, 0.1) is 49.7 Å². The number of aryl methyl sites for hydroxylation is 1. The largest absolute Gasteiger partial charge is 0.456 e. The summed E-state index contributed by atoms with van der Waals surface area (Å²) in [6, 6.07) is 164. The fraction of sp³-hybridized carbons (Fsp3) is 0.0382. The number of rotatable bonds is 7. The van der Waals surface area contributed by atoms with Gasteiger partial charge in [-0.3, -0.25) is 9.13 Å². The molecule has 6 heterocycles. The zero-order valence-corrected chi connectivity index (χ0v) is 75.9. The van der Waals surface area contributed by atoms with Crippen LogP contribution in [0.25, 0.3) is 211 Å². The molecule has 0 N–H and O–H groups in total. The molecule has 6 aliphatic rings. The first kappa shape index (κ1) is 78.2. The molecule has 0 bridgehead atoms. The first-order chi connectivity index (χ1) is 69.3. The van der Waals surface area contributed by atoms with E-state index in [1.54, 1.807) is 0 Å². The molecule has 26 aromatic rings. The molecule has 0 fully saturated rings. The number of hydrogen-bond donors (Lipinski definition) is 0. The molecule has 652 valence electrons. The van der Waals surface area contributed by atoms with E-state index in [1.807, 2.05) is 42.5 Å². The van der Waals surface area contributed by atoms with Gasteiger partial charge >= 0.3 is 0 Å². The zero-order chi connectivity index (χ0) is 91.8. The molecule has 6 aromatic heterocycles. The summed E-state index contributed by atoms with van der Waals surface area (Å²) in [4.78, 5) is 20.3. The maximum absolute atomic E-state index is 6.70. The molecule has 0 saturated heterocycles. The van der Waals surface area contributed by atoms with Crippen molar-refractivity contribution in [2.24, 2.45) is 0 Å². The topological polar surface area (TPSA) is 101 Å². The predicted molar refractivity (Wildman–Crippen MR) is 566 cm³/mol. The highest BCUT2D eigenvalue weighted by atomic mass is 16.3. The van der Waals surface area contributed by atoms with E-state index in [0.29, 0.717) is 5.82 Å². The third kappa shape index (κ3) is 10.8. The number of imidazole rings is 2. The van der Waals surface area contributed by atoms with Crippen molar-refractivity contribution in [3.63, 3.8) is 0 Å². The van der Waals surface area contributed by atoms with Gasteiger partial charge in [0.25, 0.3) is 0 Å². The Morgan fingerprint density at radius 3 is 1.04 bits per heavy atom. The summed E-state index contributed by atoms with van der Waals surface area (Å²) in [5.74, 6) is 2.70. The second kappa shape index (κ2) is 29.7. The van der Waals surface area contributed by atoms with Crippen LogP contribution in [0.2, 0.25) is 0 Å². The lowest BCUT2D eigenvalue weighted by Crippen LogP contribution is -2.26. The van der Waals surface area contributed by atoms with Crippen LogP contribution in [0.3, 0.4) is 0 Å². The van der Waals surface area contributed by atoms with Crippen LogP contribution in [0.5, 0.6) is 0 Å². The van der Waals surface area contributed by atoms with Gasteiger partial charge in [-0.05, 0) is 261 Å². The van der Waals surface area contributed by atoms with Gasteiger partial charge in [0.15, 0.2) is 5.82 Å². The lowest BCUT2D eigenvalue weighted by Gasteiger charge is -2.30. The second-order valence-corrected chi connectivity index (χ2v) is 37.7. The van der Waals surface area contributed by atoms with E-state index in [0.717, 1.165) is 151 Å². The highest BCUT2D eigenvalue weighted by molar-refractivity contribution is 6.14. The number of benzene rings is 20. The quantitative estimate of drug-likeness (QED) is 0.157. The second-order valence-electron chi connectivity index (χ2n) is 37.7. The molecule has 6 aliphatic carbocycles. The Balaban J connectivity index is 0.0000000990. The zero-order valence-electron chi connectivity index (χ0n) is 75.9. The molecular weight excluding hydrogens is 1710 g/mol. The van der Waals surface area contributed by atoms with Crippen LogP contribution in [-0.2, 0) is 22.7 Å². The van der Waals surface area contributed by atoms with E-state index in [1.165, 1.54) is 134 Å². The number of hydrogen-bond acceptors (Lipinski definition) is 7. The van der Waals surface area contributed by atoms with E-state index in [2.05, 4.69) is 429 Å². The van der Waals surface area contributed by atoms with Crippen molar-refractivity contribution in [1.82, 2.24) is 29.1 Å². The van der Waals surface area contributed by atoms with E-state index in [9.17, 15) is 0 Å². The molecule has 1 atom stereocenters. The van der Waals surface area contributed by atoms with Gasteiger partial charge in [0, 0.05) is 72.4 Å². The Labute approximate surface area is 805 Å². The van der Waals surface area contributed by atoms with Gasteiger partial charge < -0.3 is 13.3 Å². The maximum Gasteiger partial charge on any atom is 0.160 e. The molecular formula is C131H80N6O3. The van der Waals surface area contributed by atoms with Crippen molar-refractivity contribution in [2.45, 2.75) is 29.6 Å². The molecule has 3 spiro atoms. The molecule has 0 amide bonds. The Bertz CT molecular complexity index is 9640. The van der Waals surface area contributed by atoms with Crippen LogP contribution >= 0.6 is 0 Å². The Kier molecular flexibility index (Phi) is 16.6. The average Bonchev–Trinajstić information content (AvgIpc) is 1.51. The van der Waals surface area contributed by atoms with Crippen molar-refractivity contribution in [1.29, 1.82) is 0 Å². The molecule has 0 saturated carbocycles. The summed E-state index contributed by atoms with van der Waals surface area (Å²) < 4.78 is 24.5. The summed E-state index contributed by atoms with van der Waals surface area (Å²) in [5.41, 5.74) is 47.7. The fourth-order valence-corrected chi connectivity index (χ4v) is 25.2. The Morgan fingerprint density at radius 2 is 0.550 bits per heavy atom. The number of para-hydroxylation sites is 6. The van der Waals surface area contributed by atoms with Crippen LogP contribution < -0.4 is 0 Å². The van der Waals surface area contributed by atoms with Crippen molar-refractivity contribution in [3.8, 4) is 123 Å². The molecule has 1 unspecified atom stereocenters. The molecule has 140 heavy (non-hydrogen) atoms. The van der Waals surface area contributed by atoms with Gasteiger partial charge in [-0.15, -0.1) is 0 Å². The minimum Gasteiger partial charge on any atom is -0.456 e.